The van der Waals surface area contributed by atoms with Crippen molar-refractivity contribution in [1.29, 1.82) is 0 Å². The highest BCUT2D eigenvalue weighted by molar-refractivity contribution is 6.17. The molecule has 14 heavy (non-hydrogen) atoms. The molecule has 0 bridgehead atoms. The van der Waals surface area contributed by atoms with Gasteiger partial charge in [-0.2, -0.15) is 0 Å². The first kappa shape index (κ1) is 11.1. The van der Waals surface area contributed by atoms with Gasteiger partial charge < -0.3 is 0 Å². The summed E-state index contributed by atoms with van der Waals surface area (Å²) in [5.74, 6) is -0.131. The second-order valence-corrected chi connectivity index (χ2v) is 4.74. The largest absolute Gasteiger partial charge is 0.297 e. The molecule has 0 aromatic rings. The van der Waals surface area contributed by atoms with Gasteiger partial charge in [-0.05, 0) is 25.1 Å². The zero-order chi connectivity index (χ0) is 11.1. The summed E-state index contributed by atoms with van der Waals surface area (Å²) >= 11 is 0. The van der Waals surface area contributed by atoms with Crippen LogP contribution in [-0.4, -0.2) is 36.6 Å². The van der Waals surface area contributed by atoms with E-state index < -0.39 is 6.04 Å². The third-order valence-electron chi connectivity index (χ3n) is 2.80. The van der Waals surface area contributed by atoms with Crippen LogP contribution in [0.1, 0.15) is 20.3 Å². The highest BCUT2D eigenvalue weighted by Gasteiger charge is 2.43. The Labute approximate surface area is 84.8 Å². The predicted octanol–water partition coefficient (Wildman–Crippen LogP) is 1.04. The maximum atomic E-state index is 11.8. The molecule has 0 N–H and O–H groups in total. The van der Waals surface area contributed by atoms with Crippen LogP contribution < -0.4 is 0 Å². The fraction of sp³-hybridized carbons (Fsp3) is 0.636. The van der Waals surface area contributed by atoms with E-state index >= 15 is 0 Å². The van der Waals surface area contributed by atoms with Crippen molar-refractivity contribution in [3.8, 4) is 0 Å². The molecule has 0 aromatic carbocycles. The Morgan fingerprint density at radius 2 is 1.86 bits per heavy atom. The number of ketones is 2. The van der Waals surface area contributed by atoms with Crippen LogP contribution in [0.5, 0.6) is 0 Å². The van der Waals surface area contributed by atoms with E-state index in [4.69, 9.17) is 0 Å². The van der Waals surface area contributed by atoms with Gasteiger partial charge >= 0.3 is 0 Å². The van der Waals surface area contributed by atoms with Crippen molar-refractivity contribution in [2.75, 3.05) is 14.1 Å². The van der Waals surface area contributed by atoms with Gasteiger partial charge in [-0.3, -0.25) is 14.5 Å². The molecule has 1 atom stereocenters. The third-order valence-corrected chi connectivity index (χ3v) is 2.80. The molecule has 1 aliphatic carbocycles. The second kappa shape index (κ2) is 3.31. The number of likely N-dealkylation sites (N-methyl/N-ethyl adjacent to an activating group) is 1. The van der Waals surface area contributed by atoms with Gasteiger partial charge in [-0.25, -0.2) is 0 Å². The van der Waals surface area contributed by atoms with Crippen LogP contribution in [0.3, 0.4) is 0 Å². The number of hydrogen-bond donors (Lipinski definition) is 0. The maximum absolute atomic E-state index is 11.8. The molecule has 78 valence electrons. The molecular weight excluding hydrogens is 178 g/mol. The number of carbonyl (C=O) groups is 2. The summed E-state index contributed by atoms with van der Waals surface area (Å²) in [7, 11) is 3.48. The Bertz CT molecular complexity index is 302. The van der Waals surface area contributed by atoms with Crippen molar-refractivity contribution < 1.29 is 9.59 Å². The molecule has 1 rings (SSSR count). The molecule has 0 heterocycles. The van der Waals surface area contributed by atoms with E-state index in [1.807, 2.05) is 13.8 Å². The van der Waals surface area contributed by atoms with Crippen molar-refractivity contribution in [3.63, 3.8) is 0 Å². The minimum absolute atomic E-state index is 0.00241. The molecule has 1 unspecified atom stereocenters. The first-order valence-electron chi connectivity index (χ1n) is 4.70. The Morgan fingerprint density at radius 3 is 2.29 bits per heavy atom. The van der Waals surface area contributed by atoms with E-state index in [9.17, 15) is 9.59 Å². The van der Waals surface area contributed by atoms with Gasteiger partial charge in [-0.15, -0.1) is 0 Å². The molecule has 0 radical (unpaired) electrons. The first-order valence-corrected chi connectivity index (χ1v) is 4.70. The lowest BCUT2D eigenvalue weighted by atomic mass is 9.70. The van der Waals surface area contributed by atoms with Crippen molar-refractivity contribution >= 4 is 11.6 Å². The van der Waals surface area contributed by atoms with E-state index in [2.05, 4.69) is 6.58 Å². The molecule has 0 saturated heterocycles. The minimum Gasteiger partial charge on any atom is -0.297 e. The Kier molecular flexibility index (Phi) is 2.63. The zero-order valence-electron chi connectivity index (χ0n) is 9.26. The summed E-state index contributed by atoms with van der Waals surface area (Å²) in [6.07, 6.45) is 0.403. The lowest BCUT2D eigenvalue weighted by Gasteiger charge is -2.36. The standard InChI is InChI=1S/C11H17NO2/c1-7-10(14)9(12(4)5)8(13)6-11(7,2)3/h9H,1,6H2,2-5H3. The number of hydrogen-bond acceptors (Lipinski definition) is 3. The van der Waals surface area contributed by atoms with Crippen LogP contribution in [0.15, 0.2) is 12.2 Å². The van der Waals surface area contributed by atoms with E-state index in [0.29, 0.717) is 12.0 Å². The smallest absolute Gasteiger partial charge is 0.183 e. The number of carbonyl (C=O) groups excluding carboxylic acids is 2. The fourth-order valence-electron chi connectivity index (χ4n) is 1.81. The summed E-state index contributed by atoms with van der Waals surface area (Å²) < 4.78 is 0. The SMILES string of the molecule is C=C1C(=O)C(N(C)C)C(=O)CC1(C)C. The number of nitrogens with zero attached hydrogens (tertiary/aromatic N) is 1. The summed E-state index contributed by atoms with van der Waals surface area (Å²) in [5, 5.41) is 0. The van der Waals surface area contributed by atoms with Crippen LogP contribution in [0.25, 0.3) is 0 Å². The van der Waals surface area contributed by atoms with Crippen molar-refractivity contribution in [1.82, 2.24) is 4.90 Å². The molecule has 0 amide bonds. The molecule has 0 aliphatic heterocycles. The van der Waals surface area contributed by atoms with Gasteiger partial charge in [0.1, 0.15) is 6.04 Å². The van der Waals surface area contributed by atoms with E-state index in [-0.39, 0.29) is 17.0 Å². The van der Waals surface area contributed by atoms with Crippen LogP contribution in [0, 0.1) is 5.41 Å². The highest BCUT2D eigenvalue weighted by Crippen LogP contribution is 2.36. The Hall–Kier alpha value is -0.960. The predicted molar refractivity (Wildman–Crippen MR) is 55.0 cm³/mol. The van der Waals surface area contributed by atoms with E-state index in [1.165, 1.54) is 0 Å². The summed E-state index contributed by atoms with van der Waals surface area (Å²) in [5.41, 5.74) is 0.191. The van der Waals surface area contributed by atoms with Crippen LogP contribution in [0.2, 0.25) is 0 Å². The highest BCUT2D eigenvalue weighted by atomic mass is 16.2. The molecular formula is C11H17NO2. The van der Waals surface area contributed by atoms with Crippen molar-refractivity contribution in [3.05, 3.63) is 12.2 Å². The molecule has 1 aliphatic rings. The van der Waals surface area contributed by atoms with Crippen LogP contribution >= 0.6 is 0 Å². The molecule has 3 nitrogen and oxygen atoms in total. The topological polar surface area (TPSA) is 37.4 Å². The van der Waals surface area contributed by atoms with Gasteiger partial charge in [0.2, 0.25) is 0 Å². The monoisotopic (exact) mass is 195 g/mol. The molecule has 0 spiro atoms. The summed E-state index contributed by atoms with van der Waals surface area (Å²) in [4.78, 5) is 25.2. The fourth-order valence-corrected chi connectivity index (χ4v) is 1.81. The van der Waals surface area contributed by atoms with Crippen molar-refractivity contribution in [2.24, 2.45) is 5.41 Å². The van der Waals surface area contributed by atoms with Gasteiger partial charge in [0.15, 0.2) is 11.6 Å². The average Bonchev–Trinajstić information content (AvgIpc) is 1.98. The normalized spacial score (nSPS) is 27.2. The van der Waals surface area contributed by atoms with E-state index in [0.717, 1.165) is 0 Å². The van der Waals surface area contributed by atoms with Gasteiger partial charge in [-0.1, -0.05) is 20.4 Å². The zero-order valence-corrected chi connectivity index (χ0v) is 9.26. The Morgan fingerprint density at radius 1 is 1.36 bits per heavy atom. The Balaban J connectivity index is 3.03. The number of rotatable bonds is 1. The quantitative estimate of drug-likeness (QED) is 0.463. The summed E-state index contributed by atoms with van der Waals surface area (Å²) in [6.45, 7) is 7.56. The lowest BCUT2D eigenvalue weighted by molar-refractivity contribution is -0.135. The first-order chi connectivity index (χ1) is 6.27. The molecule has 3 heteroatoms. The molecule has 1 fully saturated rings. The maximum Gasteiger partial charge on any atom is 0.183 e. The lowest BCUT2D eigenvalue weighted by Crippen LogP contribution is -2.50. The van der Waals surface area contributed by atoms with Gasteiger partial charge in [0.05, 0.1) is 0 Å². The average molecular weight is 195 g/mol. The van der Waals surface area contributed by atoms with E-state index in [1.54, 1.807) is 19.0 Å². The van der Waals surface area contributed by atoms with Crippen molar-refractivity contribution in [2.45, 2.75) is 26.3 Å². The summed E-state index contributed by atoms with van der Waals surface area (Å²) in [6, 6.07) is -0.615. The number of Topliss-reactive ketones (excluding diaryl/α,β-unsaturated/α-hetero) is 2. The molecule has 0 aromatic heterocycles. The minimum atomic E-state index is -0.615. The van der Waals surface area contributed by atoms with Gasteiger partial charge in [0, 0.05) is 6.42 Å². The van der Waals surface area contributed by atoms with Crippen LogP contribution in [-0.2, 0) is 9.59 Å². The second-order valence-electron chi connectivity index (χ2n) is 4.74. The molecule has 1 saturated carbocycles. The third kappa shape index (κ3) is 1.64. The van der Waals surface area contributed by atoms with Gasteiger partial charge in [0.25, 0.3) is 0 Å². The van der Waals surface area contributed by atoms with Crippen LogP contribution in [0.4, 0.5) is 0 Å².